The largest absolute Gasteiger partial charge is 0.309 e. The Labute approximate surface area is 230 Å². The van der Waals surface area contributed by atoms with E-state index >= 15 is 0 Å². The van der Waals surface area contributed by atoms with Gasteiger partial charge in [-0.05, 0) is 59.0 Å². The molecule has 9 rings (SSSR count). The Bertz CT molecular complexity index is 2430. The summed E-state index contributed by atoms with van der Waals surface area (Å²) in [6.45, 7) is 0. The van der Waals surface area contributed by atoms with Crippen LogP contribution in [0.3, 0.4) is 0 Å². The fraction of sp³-hybridized carbons (Fsp3) is 0. The van der Waals surface area contributed by atoms with Crippen molar-refractivity contribution in [2.24, 2.45) is 0 Å². The number of para-hydroxylation sites is 3. The fourth-order valence-electron chi connectivity index (χ4n) is 6.59. The summed E-state index contributed by atoms with van der Waals surface area (Å²) in [6.07, 6.45) is 0. The predicted molar refractivity (Wildman–Crippen MR) is 167 cm³/mol. The molecule has 0 amide bonds. The van der Waals surface area contributed by atoms with E-state index in [4.69, 9.17) is 4.98 Å². The first kappa shape index (κ1) is 21.5. The molecule has 3 heterocycles. The van der Waals surface area contributed by atoms with Crippen molar-refractivity contribution in [1.82, 2.24) is 14.0 Å². The van der Waals surface area contributed by atoms with Crippen LogP contribution in [0.5, 0.6) is 0 Å². The maximum absolute atomic E-state index is 5.08. The van der Waals surface area contributed by atoms with Gasteiger partial charge in [-0.3, -0.25) is 4.40 Å². The minimum atomic E-state index is 1.00. The molecule has 0 bridgehead atoms. The van der Waals surface area contributed by atoms with Crippen molar-refractivity contribution in [2.75, 3.05) is 0 Å². The highest BCUT2D eigenvalue weighted by Crippen LogP contribution is 2.41. The zero-order valence-corrected chi connectivity index (χ0v) is 21.6. The first-order valence-electron chi connectivity index (χ1n) is 13.7. The molecular weight excluding hydrogens is 486 g/mol. The van der Waals surface area contributed by atoms with Crippen LogP contribution in [0.2, 0.25) is 0 Å². The quantitative estimate of drug-likeness (QED) is 0.213. The van der Waals surface area contributed by atoms with Gasteiger partial charge in [0, 0.05) is 27.2 Å². The molecule has 0 spiro atoms. The lowest BCUT2D eigenvalue weighted by molar-refractivity contribution is 1.18. The average molecular weight is 510 g/mol. The molecule has 0 fully saturated rings. The van der Waals surface area contributed by atoms with Crippen molar-refractivity contribution in [1.29, 1.82) is 0 Å². The van der Waals surface area contributed by atoms with E-state index in [-0.39, 0.29) is 0 Å². The minimum absolute atomic E-state index is 1.00. The monoisotopic (exact) mass is 509 g/mol. The van der Waals surface area contributed by atoms with E-state index < -0.39 is 0 Å². The van der Waals surface area contributed by atoms with Crippen molar-refractivity contribution in [2.45, 2.75) is 0 Å². The van der Waals surface area contributed by atoms with Crippen LogP contribution in [0.4, 0.5) is 0 Å². The van der Waals surface area contributed by atoms with E-state index in [0.717, 1.165) is 22.4 Å². The summed E-state index contributed by atoms with van der Waals surface area (Å²) in [4.78, 5) is 5.08. The highest BCUT2D eigenvalue weighted by molar-refractivity contribution is 6.29. The fourth-order valence-corrected chi connectivity index (χ4v) is 6.59. The van der Waals surface area contributed by atoms with Gasteiger partial charge in [0.05, 0.1) is 27.6 Å². The van der Waals surface area contributed by atoms with Crippen molar-refractivity contribution in [3.05, 3.63) is 140 Å². The number of imidazole rings is 1. The molecule has 0 aliphatic heterocycles. The Balaban J connectivity index is 1.48. The molecule has 0 saturated carbocycles. The van der Waals surface area contributed by atoms with Crippen LogP contribution < -0.4 is 0 Å². The molecule has 0 radical (unpaired) electrons. The molecule has 9 aromatic rings. The van der Waals surface area contributed by atoms with Gasteiger partial charge >= 0.3 is 0 Å². The third-order valence-corrected chi connectivity index (χ3v) is 8.27. The lowest BCUT2D eigenvalue weighted by Crippen LogP contribution is -1.95. The number of nitrogens with zero attached hydrogens (tertiary/aromatic N) is 3. The topological polar surface area (TPSA) is 22.2 Å². The van der Waals surface area contributed by atoms with Crippen LogP contribution in [0.1, 0.15) is 0 Å². The van der Waals surface area contributed by atoms with Gasteiger partial charge in [0.1, 0.15) is 5.65 Å². The van der Waals surface area contributed by atoms with E-state index in [9.17, 15) is 0 Å². The first-order valence-corrected chi connectivity index (χ1v) is 13.7. The van der Waals surface area contributed by atoms with Crippen molar-refractivity contribution >= 4 is 60.2 Å². The molecule has 0 atom stereocenters. The second-order valence-corrected chi connectivity index (χ2v) is 10.4. The van der Waals surface area contributed by atoms with Gasteiger partial charge in [-0.2, -0.15) is 0 Å². The van der Waals surface area contributed by atoms with Gasteiger partial charge < -0.3 is 4.57 Å². The zero-order valence-electron chi connectivity index (χ0n) is 21.6. The number of hydrogen-bond donors (Lipinski definition) is 0. The second-order valence-electron chi connectivity index (χ2n) is 10.4. The molecule has 0 aliphatic carbocycles. The van der Waals surface area contributed by atoms with Crippen molar-refractivity contribution < 1.29 is 0 Å². The molecule has 40 heavy (non-hydrogen) atoms. The molecule has 6 aromatic carbocycles. The van der Waals surface area contributed by atoms with Gasteiger partial charge in [0.2, 0.25) is 0 Å². The lowest BCUT2D eigenvalue weighted by atomic mass is 10.0. The second kappa shape index (κ2) is 8.05. The van der Waals surface area contributed by atoms with Crippen LogP contribution in [-0.2, 0) is 0 Å². The minimum Gasteiger partial charge on any atom is -0.309 e. The summed E-state index contributed by atoms with van der Waals surface area (Å²) < 4.78 is 4.76. The van der Waals surface area contributed by atoms with Gasteiger partial charge in [0.15, 0.2) is 0 Å². The Morgan fingerprint density at radius 2 is 1.07 bits per heavy atom. The lowest BCUT2D eigenvalue weighted by Gasteiger charge is -2.12. The van der Waals surface area contributed by atoms with Crippen LogP contribution in [0.25, 0.3) is 77.0 Å². The Hall–Kier alpha value is -5.41. The molecule has 186 valence electrons. The smallest absolute Gasteiger partial charge is 0.146 e. The molecule has 3 heteroatoms. The van der Waals surface area contributed by atoms with E-state index in [0.29, 0.717) is 0 Å². The summed E-state index contributed by atoms with van der Waals surface area (Å²) in [5, 5.41) is 6.18. The maximum atomic E-state index is 5.08. The Kier molecular flexibility index (Phi) is 4.33. The highest BCUT2D eigenvalue weighted by Gasteiger charge is 2.20. The third-order valence-electron chi connectivity index (χ3n) is 8.27. The number of rotatable bonds is 2. The Morgan fingerprint density at radius 1 is 0.425 bits per heavy atom. The van der Waals surface area contributed by atoms with E-state index in [1.807, 2.05) is 0 Å². The van der Waals surface area contributed by atoms with Gasteiger partial charge in [0.25, 0.3) is 0 Å². The van der Waals surface area contributed by atoms with Crippen molar-refractivity contribution in [3.63, 3.8) is 0 Å². The third kappa shape index (κ3) is 2.86. The normalized spacial score (nSPS) is 12.0. The van der Waals surface area contributed by atoms with Crippen LogP contribution in [0, 0.1) is 0 Å². The molecule has 0 unspecified atom stereocenters. The number of pyridine rings is 1. The summed E-state index contributed by atoms with van der Waals surface area (Å²) in [7, 11) is 0. The average Bonchev–Trinajstić information content (AvgIpc) is 3.58. The molecule has 3 aromatic heterocycles. The summed E-state index contributed by atoms with van der Waals surface area (Å²) >= 11 is 0. The van der Waals surface area contributed by atoms with E-state index in [1.165, 1.54) is 54.6 Å². The zero-order chi connectivity index (χ0) is 26.2. The van der Waals surface area contributed by atoms with Crippen LogP contribution in [-0.4, -0.2) is 14.0 Å². The van der Waals surface area contributed by atoms with Gasteiger partial charge in [-0.15, -0.1) is 0 Å². The molecule has 0 saturated heterocycles. The van der Waals surface area contributed by atoms with Crippen molar-refractivity contribution in [3.8, 4) is 16.8 Å². The summed E-state index contributed by atoms with van der Waals surface area (Å²) in [5.74, 6) is 0. The molecule has 0 N–H and O–H groups in total. The SMILES string of the molecule is c1ccc(-c2cccc(-n3c4ccccc4c4c5c6ccccc6c6nc7ccccc7n6c5ccc43)c2)cc1. The maximum Gasteiger partial charge on any atom is 0.146 e. The highest BCUT2D eigenvalue weighted by atomic mass is 15.0. The molecular formula is C37H23N3. The number of aromatic nitrogens is 3. The number of benzene rings is 6. The predicted octanol–water partition coefficient (Wildman–Crippen LogP) is 9.56. The molecule has 3 nitrogen and oxygen atoms in total. The Morgan fingerprint density at radius 3 is 1.95 bits per heavy atom. The summed E-state index contributed by atoms with van der Waals surface area (Å²) in [6, 6.07) is 50.0. The van der Waals surface area contributed by atoms with Gasteiger partial charge in [-0.25, -0.2) is 4.98 Å². The summed E-state index contributed by atoms with van der Waals surface area (Å²) in [5.41, 5.74) is 10.3. The number of fused-ring (bicyclic) bond motifs is 12. The molecule has 0 aliphatic rings. The van der Waals surface area contributed by atoms with E-state index in [1.54, 1.807) is 0 Å². The number of hydrogen-bond acceptors (Lipinski definition) is 1. The van der Waals surface area contributed by atoms with Crippen LogP contribution in [0.15, 0.2) is 140 Å². The standard InChI is InChI=1S/C37H23N3/c1-2-11-24(12-3-1)25-13-10-14-26(23-25)39-31-19-8-6-17-29(31)36-33(39)21-22-34-35(36)27-15-4-5-16-28(27)37-38-30-18-7-9-20-32(30)40(34)37/h1-23H. The van der Waals surface area contributed by atoms with Crippen LogP contribution >= 0.6 is 0 Å². The first-order chi connectivity index (χ1) is 19.9. The van der Waals surface area contributed by atoms with Gasteiger partial charge in [-0.1, -0.05) is 97.1 Å². The van der Waals surface area contributed by atoms with E-state index in [2.05, 4.69) is 148 Å².